The number of hydrogen-bond acceptors (Lipinski definition) is 7. The molecule has 3 aromatic rings. The predicted molar refractivity (Wildman–Crippen MR) is 106 cm³/mol. The van der Waals surface area contributed by atoms with Crippen LogP contribution in [0.1, 0.15) is 20.9 Å². The molecule has 0 saturated heterocycles. The van der Waals surface area contributed by atoms with Gasteiger partial charge in [-0.2, -0.15) is 13.2 Å². The smallest absolute Gasteiger partial charge is 0.422 e. The molecule has 7 nitrogen and oxygen atoms in total. The fourth-order valence-corrected chi connectivity index (χ4v) is 3.60. The van der Waals surface area contributed by atoms with Crippen molar-refractivity contribution in [1.29, 1.82) is 0 Å². The first-order valence-corrected chi connectivity index (χ1v) is 10.3. The molecule has 3 heterocycles. The van der Waals surface area contributed by atoms with E-state index in [0.29, 0.717) is 21.3 Å². The van der Waals surface area contributed by atoms with Crippen molar-refractivity contribution in [2.45, 2.75) is 19.1 Å². The summed E-state index contributed by atoms with van der Waals surface area (Å²) in [6.07, 6.45) is -3.23. The van der Waals surface area contributed by atoms with Gasteiger partial charge in [-0.25, -0.2) is 9.97 Å². The van der Waals surface area contributed by atoms with Crippen LogP contribution in [0.25, 0.3) is 0 Å². The van der Waals surface area contributed by atoms with Gasteiger partial charge in [-0.3, -0.25) is 14.9 Å². The Morgan fingerprint density at radius 3 is 2.73 bits per heavy atom. The normalized spacial score (nSPS) is 11.2. The summed E-state index contributed by atoms with van der Waals surface area (Å²) in [5, 5.41) is 9.05. The van der Waals surface area contributed by atoms with Crippen molar-refractivity contribution in [2.24, 2.45) is 0 Å². The minimum absolute atomic E-state index is 0.0496. The minimum atomic E-state index is -4.49. The van der Waals surface area contributed by atoms with Gasteiger partial charge in [0.15, 0.2) is 11.7 Å². The zero-order chi connectivity index (χ0) is 21.6. The number of aromatic nitrogens is 2. The van der Waals surface area contributed by atoms with E-state index in [4.69, 9.17) is 0 Å². The molecule has 2 N–H and O–H groups in total. The zero-order valence-electron chi connectivity index (χ0n) is 15.2. The molecule has 30 heavy (non-hydrogen) atoms. The molecule has 0 bridgehead atoms. The van der Waals surface area contributed by atoms with Crippen LogP contribution < -0.4 is 15.4 Å². The van der Waals surface area contributed by atoms with Crippen molar-refractivity contribution < 1.29 is 27.5 Å². The van der Waals surface area contributed by atoms with Gasteiger partial charge in [0.2, 0.25) is 11.8 Å². The summed E-state index contributed by atoms with van der Waals surface area (Å²) in [7, 11) is 0. The summed E-state index contributed by atoms with van der Waals surface area (Å²) in [4.78, 5) is 32.7. The van der Waals surface area contributed by atoms with Crippen molar-refractivity contribution in [3.8, 4) is 5.88 Å². The fraction of sp³-hybridized carbons (Fsp3) is 0.222. The Balaban J connectivity index is 1.51. The highest BCUT2D eigenvalue weighted by Crippen LogP contribution is 2.20. The number of halogens is 3. The number of amides is 2. The molecule has 0 fully saturated rings. The van der Waals surface area contributed by atoms with Crippen molar-refractivity contribution in [2.75, 3.05) is 11.9 Å². The van der Waals surface area contributed by atoms with E-state index < -0.39 is 12.8 Å². The number of carbonyl (C=O) groups excluding carboxylic acids is 2. The van der Waals surface area contributed by atoms with E-state index in [9.17, 15) is 22.8 Å². The van der Waals surface area contributed by atoms with E-state index in [1.54, 1.807) is 22.9 Å². The maximum atomic E-state index is 12.3. The Morgan fingerprint density at radius 2 is 2.00 bits per heavy atom. The lowest BCUT2D eigenvalue weighted by Gasteiger charge is -2.12. The van der Waals surface area contributed by atoms with Crippen molar-refractivity contribution in [1.82, 2.24) is 15.3 Å². The van der Waals surface area contributed by atoms with Gasteiger partial charge >= 0.3 is 6.18 Å². The van der Waals surface area contributed by atoms with Gasteiger partial charge in [0, 0.05) is 23.7 Å². The number of alkyl halides is 3. The first kappa shape index (κ1) is 21.7. The molecule has 158 valence electrons. The molecule has 2 amide bonds. The second-order valence-electron chi connectivity index (χ2n) is 5.90. The lowest BCUT2D eigenvalue weighted by molar-refractivity contribution is -0.154. The Hall–Kier alpha value is -2.99. The molecule has 0 aliphatic rings. The van der Waals surface area contributed by atoms with Gasteiger partial charge in [-0.15, -0.1) is 22.7 Å². The molecule has 0 aromatic carbocycles. The number of thiazole rings is 1. The molecule has 0 aliphatic carbocycles. The average molecular weight is 456 g/mol. The predicted octanol–water partition coefficient (Wildman–Crippen LogP) is 3.65. The van der Waals surface area contributed by atoms with Crippen LogP contribution >= 0.6 is 22.7 Å². The molecule has 0 unspecified atom stereocenters. The molecular formula is C18H15F3N4O3S2. The first-order chi connectivity index (χ1) is 14.3. The van der Waals surface area contributed by atoms with Crippen LogP contribution in [0.15, 0.2) is 41.2 Å². The highest BCUT2D eigenvalue weighted by atomic mass is 32.1. The Labute approximate surface area is 176 Å². The zero-order valence-corrected chi connectivity index (χ0v) is 16.9. The van der Waals surface area contributed by atoms with Crippen LogP contribution in [0, 0.1) is 0 Å². The van der Waals surface area contributed by atoms with Crippen LogP contribution in [0.4, 0.5) is 18.3 Å². The molecule has 0 atom stereocenters. The van der Waals surface area contributed by atoms with Crippen LogP contribution in [-0.4, -0.2) is 34.6 Å². The summed E-state index contributed by atoms with van der Waals surface area (Å²) in [6.45, 7) is -1.52. The van der Waals surface area contributed by atoms with Gasteiger partial charge in [0.25, 0.3) is 5.91 Å². The third kappa shape index (κ3) is 6.52. The van der Waals surface area contributed by atoms with E-state index >= 15 is 0 Å². The molecule has 12 heteroatoms. The first-order valence-electron chi connectivity index (χ1n) is 8.49. The van der Waals surface area contributed by atoms with Crippen molar-refractivity contribution in [3.05, 3.63) is 57.4 Å². The maximum absolute atomic E-state index is 12.3. The number of carbonyl (C=O) groups is 2. The lowest BCUT2D eigenvalue weighted by Crippen LogP contribution is -2.26. The van der Waals surface area contributed by atoms with E-state index in [0.717, 1.165) is 0 Å². The molecule has 0 aliphatic heterocycles. The van der Waals surface area contributed by atoms with Gasteiger partial charge in [0.05, 0.1) is 17.0 Å². The monoisotopic (exact) mass is 456 g/mol. The quantitative estimate of drug-likeness (QED) is 0.540. The second kappa shape index (κ2) is 9.67. The second-order valence-corrected chi connectivity index (χ2v) is 7.71. The van der Waals surface area contributed by atoms with Gasteiger partial charge in [-0.05, 0) is 17.5 Å². The van der Waals surface area contributed by atoms with Gasteiger partial charge < -0.3 is 10.1 Å². The Kier molecular flexibility index (Phi) is 7.00. The van der Waals surface area contributed by atoms with Gasteiger partial charge in [-0.1, -0.05) is 12.1 Å². The van der Waals surface area contributed by atoms with E-state index in [2.05, 4.69) is 25.3 Å². The number of pyridine rings is 1. The number of hydrogen-bond donors (Lipinski definition) is 2. The summed E-state index contributed by atoms with van der Waals surface area (Å²) in [5.41, 5.74) is 0.774. The van der Waals surface area contributed by atoms with Crippen molar-refractivity contribution >= 4 is 39.6 Å². The summed E-state index contributed by atoms with van der Waals surface area (Å²) in [6, 6.07) is 6.50. The topological polar surface area (TPSA) is 93.2 Å². The molecule has 0 radical (unpaired) electrons. The molecule has 3 aromatic heterocycles. The molecule has 0 spiro atoms. The Morgan fingerprint density at radius 1 is 1.17 bits per heavy atom. The number of nitrogens with zero attached hydrogens (tertiary/aromatic N) is 2. The summed E-state index contributed by atoms with van der Waals surface area (Å²) >= 11 is 2.49. The number of anilines is 1. The van der Waals surface area contributed by atoms with Crippen LogP contribution in [-0.2, 0) is 17.8 Å². The highest BCUT2D eigenvalue weighted by molar-refractivity contribution is 7.14. The number of nitrogens with one attached hydrogen (secondary N) is 2. The van der Waals surface area contributed by atoms with Crippen LogP contribution in [0.3, 0.4) is 0 Å². The fourth-order valence-electron chi connectivity index (χ4n) is 2.27. The van der Waals surface area contributed by atoms with Crippen LogP contribution in [0.5, 0.6) is 5.88 Å². The van der Waals surface area contributed by atoms with Crippen molar-refractivity contribution in [3.63, 3.8) is 0 Å². The molecule has 3 rings (SSSR count). The lowest BCUT2D eigenvalue weighted by atomic mass is 10.2. The molecular weight excluding hydrogens is 441 g/mol. The molecule has 0 saturated carbocycles. The summed E-state index contributed by atoms with van der Waals surface area (Å²) in [5.74, 6) is -0.859. The van der Waals surface area contributed by atoms with E-state index in [1.165, 1.54) is 41.0 Å². The largest absolute Gasteiger partial charge is 0.468 e. The van der Waals surface area contributed by atoms with Gasteiger partial charge in [0.1, 0.15) is 0 Å². The Bertz CT molecular complexity index is 1010. The third-order valence-corrected chi connectivity index (χ3v) is 5.23. The highest BCUT2D eigenvalue weighted by Gasteiger charge is 2.29. The van der Waals surface area contributed by atoms with E-state index in [-0.39, 0.29) is 30.7 Å². The SMILES string of the molecule is O=C(Cc1csc(NC(=O)c2cccs2)n1)NCc1cccnc1OCC(F)(F)F. The maximum Gasteiger partial charge on any atom is 0.422 e. The standard InChI is InChI=1S/C18H15F3N4O3S2/c19-18(20,21)10-28-16-11(3-1-5-22-16)8-23-14(26)7-12-9-30-17(24-12)25-15(27)13-4-2-6-29-13/h1-6,9H,7-8,10H2,(H,23,26)(H,24,25,27). The van der Waals surface area contributed by atoms with E-state index in [1.807, 2.05) is 0 Å². The minimum Gasteiger partial charge on any atom is -0.468 e. The number of thiophene rings is 1. The number of rotatable bonds is 8. The summed E-state index contributed by atoms with van der Waals surface area (Å²) < 4.78 is 41.7. The van der Waals surface area contributed by atoms with Crippen LogP contribution in [0.2, 0.25) is 0 Å². The number of ether oxygens (including phenoxy) is 1. The average Bonchev–Trinajstić information content (AvgIpc) is 3.37. The third-order valence-electron chi connectivity index (χ3n) is 3.56.